The van der Waals surface area contributed by atoms with Crippen molar-refractivity contribution in [2.75, 3.05) is 0 Å². The summed E-state index contributed by atoms with van der Waals surface area (Å²) < 4.78 is 1.07. The van der Waals surface area contributed by atoms with Crippen molar-refractivity contribution >= 4 is 27.8 Å². The second-order valence-electron chi connectivity index (χ2n) is 3.32. The van der Waals surface area contributed by atoms with Gasteiger partial charge in [0.15, 0.2) is 0 Å². The minimum atomic E-state index is -0.583. The van der Waals surface area contributed by atoms with Crippen LogP contribution >= 0.6 is 22.2 Å². The minimum Gasteiger partial charge on any atom is -0.259 e. The van der Waals surface area contributed by atoms with Gasteiger partial charge < -0.3 is 0 Å². The second kappa shape index (κ2) is 7.63. The van der Waals surface area contributed by atoms with Crippen molar-refractivity contribution in [2.45, 2.75) is 4.34 Å². The molecule has 0 amide bonds. The van der Waals surface area contributed by atoms with E-state index >= 15 is 0 Å². The van der Waals surface area contributed by atoms with E-state index in [1.165, 1.54) is 0 Å². The van der Waals surface area contributed by atoms with Crippen molar-refractivity contribution in [2.24, 2.45) is 4.99 Å². The summed E-state index contributed by atoms with van der Waals surface area (Å²) in [4.78, 5) is 8.79. The standard InChI is InChI=1S/C14H14N2S2/c1-3-7-11-17-14(16-10-6-1)18-12-8-4-2-5-9-15-13-18/h1-13,18H. The van der Waals surface area contributed by atoms with Gasteiger partial charge in [0, 0.05) is 17.9 Å². The van der Waals surface area contributed by atoms with Crippen LogP contribution in [0.25, 0.3) is 0 Å². The van der Waals surface area contributed by atoms with Crippen LogP contribution in [-0.2, 0) is 0 Å². The second-order valence-corrected chi connectivity index (χ2v) is 6.29. The highest BCUT2D eigenvalue weighted by Crippen LogP contribution is 2.35. The Bertz CT molecular complexity index is 494. The summed E-state index contributed by atoms with van der Waals surface area (Å²) in [6, 6.07) is 7.91. The smallest absolute Gasteiger partial charge is 0.138 e. The lowest BCUT2D eigenvalue weighted by Crippen LogP contribution is -1.80. The lowest BCUT2D eigenvalue weighted by molar-refractivity contribution is 1.23. The molecule has 0 aliphatic carbocycles. The van der Waals surface area contributed by atoms with Crippen LogP contribution in [0.2, 0.25) is 0 Å². The largest absolute Gasteiger partial charge is 0.259 e. The Morgan fingerprint density at radius 1 is 0.944 bits per heavy atom. The number of aromatic nitrogens is 1. The van der Waals surface area contributed by atoms with Gasteiger partial charge in [-0.2, -0.15) is 0 Å². The molecule has 2 rings (SSSR count). The number of thiol groups is 1. The molecule has 4 heteroatoms. The number of nitrogens with zero attached hydrogens (tertiary/aromatic N) is 2. The third kappa shape index (κ3) is 4.31. The van der Waals surface area contributed by atoms with Crippen LogP contribution in [-0.4, -0.2) is 10.5 Å². The van der Waals surface area contributed by atoms with E-state index in [2.05, 4.69) is 21.5 Å². The van der Waals surface area contributed by atoms with Gasteiger partial charge in [0.25, 0.3) is 0 Å². The van der Waals surface area contributed by atoms with Crippen molar-refractivity contribution in [3.63, 3.8) is 0 Å². The van der Waals surface area contributed by atoms with Crippen LogP contribution in [0, 0.1) is 0 Å². The summed E-state index contributed by atoms with van der Waals surface area (Å²) in [5.74, 6) is 0. The van der Waals surface area contributed by atoms with Crippen molar-refractivity contribution in [1.82, 2.24) is 4.98 Å². The van der Waals surface area contributed by atoms with Gasteiger partial charge in [-0.15, -0.1) is 22.2 Å². The molecule has 1 unspecified atom stereocenters. The number of hydrogen-bond donors (Lipinski definition) is 1. The molecule has 0 saturated carbocycles. The summed E-state index contributed by atoms with van der Waals surface area (Å²) in [7, 11) is -0.583. The van der Waals surface area contributed by atoms with E-state index < -0.39 is 10.9 Å². The number of aliphatic imine (C=N–C) groups is 1. The molecule has 0 bridgehead atoms. The first-order valence-corrected chi connectivity index (χ1v) is 7.87. The molecule has 2 heterocycles. The van der Waals surface area contributed by atoms with Crippen LogP contribution in [0.4, 0.5) is 0 Å². The quantitative estimate of drug-likeness (QED) is 0.761. The fourth-order valence-corrected chi connectivity index (χ4v) is 3.64. The summed E-state index contributed by atoms with van der Waals surface area (Å²) >= 11 is 1.65. The van der Waals surface area contributed by atoms with Gasteiger partial charge in [0.1, 0.15) is 4.34 Å². The van der Waals surface area contributed by atoms with Gasteiger partial charge in [-0.25, -0.2) is 4.98 Å². The van der Waals surface area contributed by atoms with Crippen molar-refractivity contribution in [3.8, 4) is 0 Å². The summed E-state index contributed by atoms with van der Waals surface area (Å²) in [6.45, 7) is 0. The number of hydrogen-bond acceptors (Lipinski definition) is 3. The molecule has 2 nitrogen and oxygen atoms in total. The maximum atomic E-state index is 4.50. The normalized spacial score (nSPS) is 19.7. The summed E-state index contributed by atoms with van der Waals surface area (Å²) in [6.07, 6.45) is 11.6. The number of allylic oxidation sites excluding steroid dienone is 4. The van der Waals surface area contributed by atoms with Gasteiger partial charge in [-0.05, 0) is 22.9 Å². The topological polar surface area (TPSA) is 25.2 Å². The molecule has 0 fully saturated rings. The Kier molecular flexibility index (Phi) is 5.43. The molecule has 1 aromatic heterocycles. The molecule has 0 saturated heterocycles. The van der Waals surface area contributed by atoms with Gasteiger partial charge in [-0.3, -0.25) is 4.99 Å². The first kappa shape index (κ1) is 12.8. The Morgan fingerprint density at radius 2 is 1.83 bits per heavy atom. The Balaban J connectivity index is 2.38. The van der Waals surface area contributed by atoms with Crippen molar-refractivity contribution in [3.05, 3.63) is 71.8 Å². The van der Waals surface area contributed by atoms with Gasteiger partial charge in [0.05, 0.1) is 0 Å². The van der Waals surface area contributed by atoms with Crippen LogP contribution < -0.4 is 0 Å². The van der Waals surface area contributed by atoms with Crippen molar-refractivity contribution in [1.29, 1.82) is 0 Å². The molecule has 0 radical (unpaired) electrons. The molecular formula is C14H14N2S2. The molecule has 0 N–H and O–H groups in total. The lowest BCUT2D eigenvalue weighted by Gasteiger charge is -2.07. The summed E-state index contributed by atoms with van der Waals surface area (Å²) in [5, 5.41) is 4.20. The Labute approximate surface area is 114 Å². The van der Waals surface area contributed by atoms with E-state index in [9.17, 15) is 0 Å². The molecule has 18 heavy (non-hydrogen) atoms. The zero-order valence-electron chi connectivity index (χ0n) is 9.76. The molecule has 1 atom stereocenters. The Hall–Kier alpha value is -1.65. The first-order chi connectivity index (χ1) is 8.97. The monoisotopic (exact) mass is 274 g/mol. The predicted molar refractivity (Wildman–Crippen MR) is 82.9 cm³/mol. The van der Waals surface area contributed by atoms with Gasteiger partial charge in [0.2, 0.25) is 0 Å². The molecule has 1 aliphatic rings. The van der Waals surface area contributed by atoms with E-state index in [-0.39, 0.29) is 0 Å². The van der Waals surface area contributed by atoms with Crippen molar-refractivity contribution < 1.29 is 0 Å². The predicted octanol–water partition coefficient (Wildman–Crippen LogP) is 4.25. The van der Waals surface area contributed by atoms with Gasteiger partial charge in [-0.1, -0.05) is 36.4 Å². The minimum absolute atomic E-state index is 0.583. The van der Waals surface area contributed by atoms with Crippen LogP contribution in [0.5, 0.6) is 0 Å². The van der Waals surface area contributed by atoms with Crippen LogP contribution in [0.3, 0.4) is 0 Å². The highest BCUT2D eigenvalue weighted by Gasteiger charge is 2.00. The van der Waals surface area contributed by atoms with Crippen LogP contribution in [0.15, 0.2) is 81.1 Å². The molecule has 1 aromatic rings. The third-order valence-corrected chi connectivity index (χ3v) is 5.01. The molecule has 92 valence electrons. The first-order valence-electron chi connectivity index (χ1n) is 5.51. The van der Waals surface area contributed by atoms with Gasteiger partial charge >= 0.3 is 0 Å². The SMILES string of the molecule is C1=CC=C[SH](c2nccccccs2)C=NC=C1. The van der Waals surface area contributed by atoms with E-state index in [1.54, 1.807) is 17.5 Å². The maximum Gasteiger partial charge on any atom is 0.138 e. The summed E-state index contributed by atoms with van der Waals surface area (Å²) in [5.41, 5.74) is 1.97. The molecular weight excluding hydrogens is 260 g/mol. The lowest BCUT2D eigenvalue weighted by atomic mass is 10.5. The fourth-order valence-electron chi connectivity index (χ4n) is 1.22. The van der Waals surface area contributed by atoms with E-state index in [1.807, 2.05) is 59.6 Å². The number of rotatable bonds is 1. The molecule has 0 aromatic carbocycles. The maximum absolute atomic E-state index is 4.50. The van der Waals surface area contributed by atoms with E-state index in [0.29, 0.717) is 0 Å². The highest BCUT2D eigenvalue weighted by atomic mass is 32.2. The highest BCUT2D eigenvalue weighted by molar-refractivity contribution is 8.31. The molecule has 1 aliphatic heterocycles. The third-order valence-electron chi connectivity index (χ3n) is 2.02. The Morgan fingerprint density at radius 3 is 2.83 bits per heavy atom. The fraction of sp³-hybridized carbons (Fsp3) is 0. The van der Waals surface area contributed by atoms with E-state index in [0.717, 1.165) is 4.34 Å². The zero-order valence-corrected chi connectivity index (χ0v) is 11.5. The molecule has 0 spiro atoms. The zero-order chi connectivity index (χ0) is 12.5. The average molecular weight is 274 g/mol. The van der Waals surface area contributed by atoms with Crippen LogP contribution in [0.1, 0.15) is 0 Å². The van der Waals surface area contributed by atoms with E-state index in [4.69, 9.17) is 0 Å². The average Bonchev–Trinajstić information content (AvgIpc) is 2.61.